The Balaban J connectivity index is 2.54. The van der Waals surface area contributed by atoms with Crippen LogP contribution in [0.5, 0.6) is 0 Å². The number of hydrogen-bond acceptors (Lipinski definition) is 2. The predicted octanol–water partition coefficient (Wildman–Crippen LogP) is 3.28. The summed E-state index contributed by atoms with van der Waals surface area (Å²) in [4.78, 5) is 22.8. The number of hydrogen-bond donors (Lipinski definition) is 0. The molecule has 0 unspecified atom stereocenters. The van der Waals surface area contributed by atoms with Crippen LogP contribution in [0.3, 0.4) is 0 Å². The highest BCUT2D eigenvalue weighted by Crippen LogP contribution is 2.24. The molecule has 0 amide bonds. The van der Waals surface area contributed by atoms with Crippen LogP contribution in [0.1, 0.15) is 21.5 Å². The summed E-state index contributed by atoms with van der Waals surface area (Å²) in [5, 5.41) is 0. The van der Waals surface area contributed by atoms with E-state index in [1.807, 2.05) is 0 Å². The Morgan fingerprint density at radius 2 is 1.72 bits per heavy atom. The molecule has 0 aliphatic rings. The molecular formula is C14H7BrFO2. The molecule has 0 saturated carbocycles. The van der Waals surface area contributed by atoms with E-state index in [1.54, 1.807) is 18.4 Å². The number of carbonyl (C=O) groups excluding carboxylic acids is 2. The summed E-state index contributed by atoms with van der Waals surface area (Å²) in [6, 6.07) is 10.3. The van der Waals surface area contributed by atoms with Crippen molar-refractivity contribution in [2.75, 3.05) is 0 Å². The second-order valence-electron chi connectivity index (χ2n) is 3.58. The molecule has 0 saturated heterocycles. The van der Waals surface area contributed by atoms with Gasteiger partial charge in [-0.2, -0.15) is 0 Å². The molecule has 2 nitrogen and oxygen atoms in total. The van der Waals surface area contributed by atoms with E-state index in [2.05, 4.69) is 15.9 Å². The van der Waals surface area contributed by atoms with Crippen LogP contribution in [-0.4, -0.2) is 12.1 Å². The molecule has 1 radical (unpaired) electrons. The SMILES string of the molecule is O=[C]c1cccc(C(=O)c2ccccc2F)c1Br. The van der Waals surface area contributed by atoms with Crippen molar-refractivity contribution in [3.8, 4) is 0 Å². The summed E-state index contributed by atoms with van der Waals surface area (Å²) in [7, 11) is 0. The second kappa shape index (κ2) is 5.23. The van der Waals surface area contributed by atoms with Crippen LogP contribution in [0.15, 0.2) is 46.9 Å². The van der Waals surface area contributed by atoms with E-state index in [0.29, 0.717) is 4.47 Å². The van der Waals surface area contributed by atoms with Crippen molar-refractivity contribution in [2.24, 2.45) is 0 Å². The Bertz CT molecular complexity index is 623. The van der Waals surface area contributed by atoms with Gasteiger partial charge in [0.15, 0.2) is 5.78 Å². The van der Waals surface area contributed by atoms with Gasteiger partial charge in [-0.25, -0.2) is 4.39 Å². The lowest BCUT2D eigenvalue weighted by Crippen LogP contribution is -2.06. The van der Waals surface area contributed by atoms with Gasteiger partial charge < -0.3 is 0 Å². The zero-order valence-electron chi connectivity index (χ0n) is 9.11. The van der Waals surface area contributed by atoms with E-state index in [-0.39, 0.29) is 16.7 Å². The van der Waals surface area contributed by atoms with Gasteiger partial charge in [-0.1, -0.05) is 18.2 Å². The summed E-state index contributed by atoms with van der Waals surface area (Å²) < 4.78 is 13.9. The molecule has 2 rings (SSSR count). The summed E-state index contributed by atoms with van der Waals surface area (Å²) >= 11 is 3.16. The first-order chi connectivity index (χ1) is 8.65. The van der Waals surface area contributed by atoms with E-state index >= 15 is 0 Å². The number of benzene rings is 2. The highest BCUT2D eigenvalue weighted by molar-refractivity contribution is 9.10. The van der Waals surface area contributed by atoms with Crippen LogP contribution in [0.25, 0.3) is 0 Å². The van der Waals surface area contributed by atoms with Crippen molar-refractivity contribution < 1.29 is 14.0 Å². The van der Waals surface area contributed by atoms with Crippen molar-refractivity contribution in [1.29, 1.82) is 0 Å². The minimum absolute atomic E-state index is 0.0266. The molecule has 0 bridgehead atoms. The first-order valence-corrected chi connectivity index (χ1v) is 5.90. The van der Waals surface area contributed by atoms with E-state index in [4.69, 9.17) is 0 Å². The first kappa shape index (κ1) is 12.6. The van der Waals surface area contributed by atoms with Gasteiger partial charge in [0, 0.05) is 15.6 Å². The largest absolute Gasteiger partial charge is 0.288 e. The number of rotatable bonds is 3. The van der Waals surface area contributed by atoms with Crippen LogP contribution in [0.4, 0.5) is 4.39 Å². The van der Waals surface area contributed by atoms with Crippen LogP contribution in [0, 0.1) is 5.82 Å². The lowest BCUT2D eigenvalue weighted by atomic mass is 10.0. The van der Waals surface area contributed by atoms with Crippen molar-refractivity contribution in [3.05, 3.63) is 69.4 Å². The number of ketones is 1. The minimum atomic E-state index is -0.588. The highest BCUT2D eigenvalue weighted by atomic mass is 79.9. The van der Waals surface area contributed by atoms with Gasteiger partial charge in [0.1, 0.15) is 5.82 Å². The third kappa shape index (κ3) is 2.24. The van der Waals surface area contributed by atoms with Gasteiger partial charge in [-0.05, 0) is 40.2 Å². The quantitative estimate of drug-likeness (QED) is 0.816. The molecule has 0 heterocycles. The monoisotopic (exact) mass is 305 g/mol. The fraction of sp³-hybridized carbons (Fsp3) is 0. The molecule has 89 valence electrons. The van der Waals surface area contributed by atoms with Gasteiger partial charge >= 0.3 is 0 Å². The molecule has 0 aliphatic heterocycles. The van der Waals surface area contributed by atoms with E-state index in [1.165, 1.54) is 30.3 Å². The Hall–Kier alpha value is -1.81. The Morgan fingerprint density at radius 1 is 1.06 bits per heavy atom. The standard InChI is InChI=1S/C14H7BrFO2/c15-13-9(8-17)4-3-6-11(13)14(18)10-5-1-2-7-12(10)16/h1-7H. The van der Waals surface area contributed by atoms with Crippen molar-refractivity contribution in [2.45, 2.75) is 0 Å². The minimum Gasteiger partial charge on any atom is -0.288 e. The fourth-order valence-corrected chi connectivity index (χ4v) is 2.10. The van der Waals surface area contributed by atoms with Crippen molar-refractivity contribution >= 4 is 28.0 Å². The maximum Gasteiger partial charge on any atom is 0.234 e. The van der Waals surface area contributed by atoms with Crippen LogP contribution in [0.2, 0.25) is 0 Å². The maximum atomic E-state index is 13.5. The second-order valence-corrected chi connectivity index (χ2v) is 4.37. The Morgan fingerprint density at radius 3 is 2.39 bits per heavy atom. The predicted molar refractivity (Wildman–Crippen MR) is 68.8 cm³/mol. The highest BCUT2D eigenvalue weighted by Gasteiger charge is 2.17. The molecule has 0 atom stereocenters. The van der Waals surface area contributed by atoms with Gasteiger partial charge in [0.05, 0.1) is 5.56 Å². The number of halogens is 2. The molecule has 0 aromatic heterocycles. The molecule has 0 spiro atoms. The lowest BCUT2D eigenvalue weighted by molar-refractivity contribution is 0.103. The van der Waals surface area contributed by atoms with Crippen LogP contribution in [-0.2, 0) is 4.79 Å². The molecule has 0 N–H and O–H groups in total. The smallest absolute Gasteiger partial charge is 0.234 e. The third-order valence-electron chi connectivity index (χ3n) is 2.47. The summed E-state index contributed by atoms with van der Waals surface area (Å²) in [6.45, 7) is 0. The van der Waals surface area contributed by atoms with E-state index in [0.717, 1.165) is 0 Å². The zero-order valence-corrected chi connectivity index (χ0v) is 10.7. The first-order valence-electron chi connectivity index (χ1n) is 5.11. The van der Waals surface area contributed by atoms with Gasteiger partial charge in [-0.15, -0.1) is 0 Å². The molecule has 4 heteroatoms. The van der Waals surface area contributed by atoms with Gasteiger partial charge in [0.25, 0.3) is 0 Å². The molecular weight excluding hydrogens is 299 g/mol. The van der Waals surface area contributed by atoms with Crippen LogP contribution < -0.4 is 0 Å². The lowest BCUT2D eigenvalue weighted by Gasteiger charge is -2.06. The summed E-state index contributed by atoms with van der Waals surface area (Å²) in [5.41, 5.74) is 0.444. The van der Waals surface area contributed by atoms with E-state index < -0.39 is 11.6 Å². The summed E-state index contributed by atoms with van der Waals surface area (Å²) in [6.07, 6.45) is 1.71. The van der Waals surface area contributed by atoms with Crippen LogP contribution >= 0.6 is 15.9 Å². The topological polar surface area (TPSA) is 34.1 Å². The number of carbonyl (C=O) groups is 1. The van der Waals surface area contributed by atoms with Crippen molar-refractivity contribution in [1.82, 2.24) is 0 Å². The normalized spacial score (nSPS) is 10.1. The third-order valence-corrected chi connectivity index (χ3v) is 3.33. The zero-order chi connectivity index (χ0) is 13.1. The van der Waals surface area contributed by atoms with Crippen molar-refractivity contribution in [3.63, 3.8) is 0 Å². The fourth-order valence-electron chi connectivity index (χ4n) is 1.58. The molecule has 0 aliphatic carbocycles. The Kier molecular flexibility index (Phi) is 3.67. The molecule has 0 fully saturated rings. The van der Waals surface area contributed by atoms with Gasteiger partial charge in [-0.3, -0.25) is 9.59 Å². The molecule has 2 aromatic rings. The maximum absolute atomic E-state index is 13.5. The average molecular weight is 306 g/mol. The summed E-state index contributed by atoms with van der Waals surface area (Å²) in [5.74, 6) is -1.06. The Labute approximate surface area is 112 Å². The molecule has 2 aromatic carbocycles. The molecule has 18 heavy (non-hydrogen) atoms. The average Bonchev–Trinajstić information content (AvgIpc) is 2.39. The van der Waals surface area contributed by atoms with E-state index in [9.17, 15) is 14.0 Å². The van der Waals surface area contributed by atoms with Gasteiger partial charge in [0.2, 0.25) is 6.29 Å².